The van der Waals surface area contributed by atoms with Gasteiger partial charge in [-0.3, -0.25) is 4.57 Å². The number of aromatic nitrogens is 4. The number of aryl methyl sites for hydroxylation is 3. The van der Waals surface area contributed by atoms with Gasteiger partial charge in [-0.2, -0.15) is 0 Å². The lowest BCUT2D eigenvalue weighted by atomic mass is 10.0. The molecule has 28 heavy (non-hydrogen) atoms. The molecule has 0 aliphatic rings. The Bertz CT molecular complexity index is 1060. The van der Waals surface area contributed by atoms with Gasteiger partial charge in [0.25, 0.3) is 0 Å². The molecule has 0 bridgehead atoms. The van der Waals surface area contributed by atoms with Crippen LogP contribution in [0.5, 0.6) is 0 Å². The number of benzene rings is 2. The van der Waals surface area contributed by atoms with Crippen LogP contribution in [0.25, 0.3) is 16.8 Å². The summed E-state index contributed by atoms with van der Waals surface area (Å²) in [6, 6.07) is 14.9. The van der Waals surface area contributed by atoms with Crippen LogP contribution in [0.1, 0.15) is 23.9 Å². The van der Waals surface area contributed by atoms with Gasteiger partial charge in [-0.1, -0.05) is 17.3 Å². The molecule has 6 nitrogen and oxygen atoms in total. The van der Waals surface area contributed by atoms with Crippen LogP contribution < -0.4 is 4.90 Å². The summed E-state index contributed by atoms with van der Waals surface area (Å²) in [4.78, 5) is 2.31. The van der Waals surface area contributed by atoms with Crippen molar-refractivity contribution in [1.29, 1.82) is 0 Å². The molecular formula is C22H23N5O. The Labute approximate surface area is 164 Å². The Balaban J connectivity index is 1.73. The first-order valence-electron chi connectivity index (χ1n) is 9.35. The zero-order valence-corrected chi connectivity index (χ0v) is 16.5. The molecule has 0 saturated heterocycles. The van der Waals surface area contributed by atoms with E-state index in [0.717, 1.165) is 40.5 Å². The molecule has 0 aliphatic carbocycles. The van der Waals surface area contributed by atoms with E-state index in [1.807, 2.05) is 18.4 Å². The van der Waals surface area contributed by atoms with Gasteiger partial charge in [0.2, 0.25) is 0 Å². The average molecular weight is 373 g/mol. The first kappa shape index (κ1) is 18.0. The van der Waals surface area contributed by atoms with Gasteiger partial charge in [0.15, 0.2) is 0 Å². The van der Waals surface area contributed by atoms with Gasteiger partial charge < -0.3 is 9.42 Å². The van der Waals surface area contributed by atoms with Crippen molar-refractivity contribution < 1.29 is 4.52 Å². The van der Waals surface area contributed by atoms with Gasteiger partial charge in [-0.15, -0.1) is 10.2 Å². The summed E-state index contributed by atoms with van der Waals surface area (Å²) < 4.78 is 7.26. The first-order valence-corrected chi connectivity index (χ1v) is 9.35. The minimum absolute atomic E-state index is 0.841. The summed E-state index contributed by atoms with van der Waals surface area (Å²) >= 11 is 0. The lowest BCUT2D eigenvalue weighted by Gasteiger charge is -2.26. The summed E-state index contributed by atoms with van der Waals surface area (Å²) in [5, 5.41) is 11.8. The number of anilines is 2. The van der Waals surface area contributed by atoms with Crippen LogP contribution in [-0.2, 0) is 0 Å². The van der Waals surface area contributed by atoms with E-state index < -0.39 is 0 Å². The highest BCUT2D eigenvalue weighted by Gasteiger charge is 2.16. The predicted octanol–water partition coefficient (Wildman–Crippen LogP) is 5.01. The van der Waals surface area contributed by atoms with E-state index in [-0.39, 0.29) is 0 Å². The summed E-state index contributed by atoms with van der Waals surface area (Å²) in [5.41, 5.74) is 7.67. The Morgan fingerprint density at radius 1 is 0.964 bits per heavy atom. The van der Waals surface area contributed by atoms with E-state index in [4.69, 9.17) is 4.52 Å². The second-order valence-corrected chi connectivity index (χ2v) is 6.83. The third kappa shape index (κ3) is 3.17. The zero-order chi connectivity index (χ0) is 19.7. The van der Waals surface area contributed by atoms with Crippen molar-refractivity contribution in [2.45, 2.75) is 27.7 Å². The topological polar surface area (TPSA) is 60.0 Å². The van der Waals surface area contributed by atoms with Gasteiger partial charge in [-0.25, -0.2) is 0 Å². The van der Waals surface area contributed by atoms with Crippen LogP contribution in [0.2, 0.25) is 0 Å². The van der Waals surface area contributed by atoms with Gasteiger partial charge in [0.05, 0.1) is 5.69 Å². The van der Waals surface area contributed by atoms with Crippen LogP contribution in [0.15, 0.2) is 59.6 Å². The number of nitrogens with zero attached hydrogens (tertiary/aromatic N) is 5. The molecule has 2 heterocycles. The van der Waals surface area contributed by atoms with Crippen molar-refractivity contribution in [2.75, 3.05) is 11.4 Å². The van der Waals surface area contributed by atoms with Gasteiger partial charge in [-0.05, 0) is 69.2 Å². The van der Waals surface area contributed by atoms with E-state index in [1.165, 1.54) is 11.3 Å². The largest absolute Gasteiger partial charge is 0.361 e. The Morgan fingerprint density at radius 2 is 1.68 bits per heavy atom. The molecule has 4 aromatic rings. The van der Waals surface area contributed by atoms with Crippen LogP contribution in [0, 0.1) is 20.8 Å². The molecule has 0 amide bonds. The molecule has 0 aliphatic heterocycles. The van der Waals surface area contributed by atoms with Crippen LogP contribution in [0.4, 0.5) is 11.4 Å². The van der Waals surface area contributed by atoms with Crippen LogP contribution >= 0.6 is 0 Å². The fourth-order valence-corrected chi connectivity index (χ4v) is 3.58. The van der Waals surface area contributed by atoms with Gasteiger partial charge in [0, 0.05) is 29.2 Å². The Kier molecular flexibility index (Phi) is 4.69. The molecule has 2 aromatic heterocycles. The van der Waals surface area contributed by atoms with E-state index in [2.05, 4.69) is 76.6 Å². The number of hydrogen-bond acceptors (Lipinski definition) is 5. The lowest BCUT2D eigenvalue weighted by Crippen LogP contribution is -2.17. The van der Waals surface area contributed by atoms with Crippen LogP contribution in [0.3, 0.4) is 0 Å². The zero-order valence-electron chi connectivity index (χ0n) is 16.5. The molecule has 0 N–H and O–H groups in total. The summed E-state index contributed by atoms with van der Waals surface area (Å²) in [7, 11) is 0. The number of rotatable bonds is 5. The number of hydrogen-bond donors (Lipinski definition) is 0. The normalized spacial score (nSPS) is 11.0. The molecule has 4 rings (SSSR count). The van der Waals surface area contributed by atoms with E-state index >= 15 is 0 Å². The Morgan fingerprint density at radius 3 is 2.29 bits per heavy atom. The van der Waals surface area contributed by atoms with Crippen molar-refractivity contribution in [2.24, 2.45) is 0 Å². The van der Waals surface area contributed by atoms with Crippen molar-refractivity contribution in [3.63, 3.8) is 0 Å². The lowest BCUT2D eigenvalue weighted by molar-refractivity contribution is 0.393. The highest BCUT2D eigenvalue weighted by molar-refractivity contribution is 5.76. The van der Waals surface area contributed by atoms with E-state index in [1.54, 1.807) is 12.7 Å². The average Bonchev–Trinajstić information content (AvgIpc) is 3.35. The third-order valence-corrected chi connectivity index (χ3v) is 5.02. The molecule has 2 aromatic carbocycles. The molecule has 0 radical (unpaired) electrons. The highest BCUT2D eigenvalue weighted by atomic mass is 16.5. The smallest absolute Gasteiger partial charge is 0.141 e. The minimum atomic E-state index is 0.841. The molecule has 142 valence electrons. The van der Waals surface area contributed by atoms with Gasteiger partial charge in [0.1, 0.15) is 18.4 Å². The predicted molar refractivity (Wildman–Crippen MR) is 110 cm³/mol. The molecule has 0 atom stereocenters. The molecule has 0 unspecified atom stereocenters. The standard InChI is InChI=1S/C22H23N5O/c1-5-27(20-10-8-19(9-11-20)26-13-23-24-14-26)21-12-18(7-6-15(21)2)22-16(3)25-28-17(22)4/h6-14H,5H2,1-4H3. The second kappa shape index (κ2) is 7.31. The van der Waals surface area contributed by atoms with E-state index in [9.17, 15) is 0 Å². The fraction of sp³-hybridized carbons (Fsp3) is 0.227. The molecule has 0 fully saturated rings. The third-order valence-electron chi connectivity index (χ3n) is 5.02. The monoisotopic (exact) mass is 373 g/mol. The van der Waals surface area contributed by atoms with Gasteiger partial charge >= 0.3 is 0 Å². The summed E-state index contributed by atoms with van der Waals surface area (Å²) in [6.45, 7) is 9.09. The van der Waals surface area contributed by atoms with Crippen molar-refractivity contribution in [3.8, 4) is 16.8 Å². The summed E-state index contributed by atoms with van der Waals surface area (Å²) in [6.07, 6.45) is 3.40. The maximum atomic E-state index is 5.36. The fourth-order valence-electron chi connectivity index (χ4n) is 3.58. The van der Waals surface area contributed by atoms with Crippen LogP contribution in [-0.4, -0.2) is 26.5 Å². The first-order chi connectivity index (χ1) is 13.6. The molecule has 6 heteroatoms. The quantitative estimate of drug-likeness (QED) is 0.492. The summed E-state index contributed by atoms with van der Waals surface area (Å²) in [5.74, 6) is 0.841. The second-order valence-electron chi connectivity index (χ2n) is 6.83. The maximum absolute atomic E-state index is 5.36. The minimum Gasteiger partial charge on any atom is -0.361 e. The van der Waals surface area contributed by atoms with Crippen molar-refractivity contribution >= 4 is 11.4 Å². The molecular weight excluding hydrogens is 350 g/mol. The van der Waals surface area contributed by atoms with E-state index in [0.29, 0.717) is 0 Å². The maximum Gasteiger partial charge on any atom is 0.141 e. The molecule has 0 saturated carbocycles. The molecule has 0 spiro atoms. The SMILES string of the molecule is CCN(c1ccc(-n2cnnc2)cc1)c1cc(-c2c(C)noc2C)ccc1C. The highest BCUT2D eigenvalue weighted by Crippen LogP contribution is 2.35. The van der Waals surface area contributed by atoms with Crippen molar-refractivity contribution in [1.82, 2.24) is 19.9 Å². The Hall–Kier alpha value is -3.41. The van der Waals surface area contributed by atoms with Crippen molar-refractivity contribution in [3.05, 3.63) is 72.1 Å².